The molecule has 1 spiro atoms. The fraction of sp³-hybridized carbons (Fsp3) is 0.409. The van der Waals surface area contributed by atoms with Gasteiger partial charge < -0.3 is 10.1 Å². The fourth-order valence-corrected chi connectivity index (χ4v) is 4.30. The van der Waals surface area contributed by atoms with Crippen molar-refractivity contribution in [2.75, 3.05) is 13.2 Å². The van der Waals surface area contributed by atoms with Gasteiger partial charge in [-0.15, -0.1) is 0 Å². The molecule has 1 aromatic carbocycles. The van der Waals surface area contributed by atoms with Crippen molar-refractivity contribution in [2.45, 2.75) is 38.1 Å². The maximum absolute atomic E-state index is 12.7. The highest BCUT2D eigenvalue weighted by Gasteiger charge is 2.52. The molecule has 2 fully saturated rings. The highest BCUT2D eigenvalue weighted by Crippen LogP contribution is 2.35. The molecule has 2 heterocycles. The molecule has 1 saturated heterocycles. The van der Waals surface area contributed by atoms with E-state index in [9.17, 15) is 24.0 Å². The van der Waals surface area contributed by atoms with Crippen LogP contribution in [0.4, 0.5) is 4.79 Å². The number of carbonyl (C=O) groups excluding carboxylic acids is 5. The van der Waals surface area contributed by atoms with Gasteiger partial charge in [0.15, 0.2) is 6.61 Å². The van der Waals surface area contributed by atoms with Gasteiger partial charge in [-0.25, -0.2) is 4.79 Å². The molecule has 1 aromatic rings. The summed E-state index contributed by atoms with van der Waals surface area (Å²) in [6.07, 6.45) is 2.62. The zero-order valence-corrected chi connectivity index (χ0v) is 17.7. The van der Waals surface area contributed by atoms with Gasteiger partial charge in [-0.1, -0.05) is 31.7 Å². The van der Waals surface area contributed by atoms with E-state index in [2.05, 4.69) is 24.2 Å². The monoisotopic (exact) mass is 440 g/mol. The molecule has 32 heavy (non-hydrogen) atoms. The smallest absolute Gasteiger partial charge is 0.344 e. The molecule has 0 bridgehead atoms. The lowest BCUT2D eigenvalue weighted by molar-refractivity contribution is -0.150. The molecule has 0 radical (unpaired) electrons. The number of urea groups is 1. The van der Waals surface area contributed by atoms with E-state index >= 15 is 0 Å². The summed E-state index contributed by atoms with van der Waals surface area (Å²) in [6.45, 7) is 4.81. The Hall–Kier alpha value is -3.69. The lowest BCUT2D eigenvalue weighted by Gasteiger charge is -2.33. The first kappa shape index (κ1) is 21.5. The van der Waals surface area contributed by atoms with Crippen LogP contribution in [-0.4, -0.2) is 58.3 Å². The van der Waals surface area contributed by atoms with Crippen molar-refractivity contribution in [3.05, 3.63) is 42.0 Å². The number of nitrogens with zero attached hydrogens (tertiary/aromatic N) is 2. The first-order valence-electron chi connectivity index (χ1n) is 10.4. The van der Waals surface area contributed by atoms with Crippen molar-refractivity contribution in [3.8, 4) is 0 Å². The van der Waals surface area contributed by atoms with E-state index in [0.29, 0.717) is 40.6 Å². The number of hydrazine groups is 1. The van der Waals surface area contributed by atoms with Crippen molar-refractivity contribution in [3.63, 3.8) is 0 Å². The average molecular weight is 440 g/mol. The number of amides is 5. The molecular weight excluding hydrogens is 416 g/mol. The maximum atomic E-state index is 12.7. The number of ether oxygens (including phenoxy) is 1. The van der Waals surface area contributed by atoms with E-state index in [1.807, 2.05) is 0 Å². The van der Waals surface area contributed by atoms with Crippen molar-refractivity contribution >= 4 is 35.4 Å². The van der Waals surface area contributed by atoms with Gasteiger partial charge in [0.1, 0.15) is 12.1 Å². The van der Waals surface area contributed by atoms with Crippen LogP contribution in [0.5, 0.6) is 0 Å². The third-order valence-electron chi connectivity index (χ3n) is 6.22. The van der Waals surface area contributed by atoms with Gasteiger partial charge in [0.25, 0.3) is 17.7 Å². The van der Waals surface area contributed by atoms with Crippen LogP contribution in [0.2, 0.25) is 0 Å². The van der Waals surface area contributed by atoms with Gasteiger partial charge in [-0.2, -0.15) is 5.01 Å². The van der Waals surface area contributed by atoms with Gasteiger partial charge in [0.2, 0.25) is 0 Å². The number of benzene rings is 1. The van der Waals surface area contributed by atoms with Crippen molar-refractivity contribution in [1.29, 1.82) is 0 Å². The van der Waals surface area contributed by atoms with Crippen LogP contribution in [0.25, 0.3) is 5.70 Å². The number of rotatable bonds is 5. The van der Waals surface area contributed by atoms with Gasteiger partial charge in [-0.3, -0.25) is 29.5 Å². The van der Waals surface area contributed by atoms with Crippen molar-refractivity contribution in [1.82, 2.24) is 20.7 Å². The summed E-state index contributed by atoms with van der Waals surface area (Å²) >= 11 is 0. The molecular formula is C22H24N4O6. The van der Waals surface area contributed by atoms with Gasteiger partial charge in [0.05, 0.1) is 0 Å². The topological polar surface area (TPSA) is 125 Å². The second-order valence-corrected chi connectivity index (χ2v) is 8.41. The second kappa shape index (κ2) is 8.10. The molecule has 1 aliphatic carbocycles. The summed E-state index contributed by atoms with van der Waals surface area (Å²) in [5, 5.41) is 3.34. The first-order valence-corrected chi connectivity index (χ1v) is 10.4. The van der Waals surface area contributed by atoms with E-state index in [0.717, 1.165) is 12.8 Å². The normalized spacial score (nSPS) is 24.6. The minimum atomic E-state index is -0.987. The Bertz CT molecular complexity index is 992. The molecule has 168 valence electrons. The molecule has 1 saturated carbocycles. The summed E-state index contributed by atoms with van der Waals surface area (Å²) in [7, 11) is 0. The van der Waals surface area contributed by atoms with Crippen LogP contribution in [0, 0.1) is 5.92 Å². The third kappa shape index (κ3) is 3.72. The van der Waals surface area contributed by atoms with Gasteiger partial charge in [0, 0.05) is 16.8 Å². The minimum absolute atomic E-state index is 0.374. The molecule has 2 N–H and O–H groups in total. The number of imide groups is 1. The Labute approximate surface area is 184 Å². The van der Waals surface area contributed by atoms with Crippen LogP contribution in [0.15, 0.2) is 30.8 Å². The van der Waals surface area contributed by atoms with E-state index in [4.69, 9.17) is 4.74 Å². The van der Waals surface area contributed by atoms with Crippen molar-refractivity contribution < 1.29 is 28.7 Å². The number of hydrogen-bond acceptors (Lipinski definition) is 6. The molecule has 4 rings (SSSR count). The molecule has 0 unspecified atom stereocenters. The van der Waals surface area contributed by atoms with Crippen LogP contribution in [-0.2, 0) is 19.1 Å². The molecule has 2 aliphatic heterocycles. The predicted molar refractivity (Wildman–Crippen MR) is 111 cm³/mol. The van der Waals surface area contributed by atoms with Crippen LogP contribution in [0.1, 0.15) is 48.5 Å². The summed E-state index contributed by atoms with van der Waals surface area (Å²) < 4.78 is 4.94. The SMILES string of the molecule is C=C1c2ccccc2C(=O)N1CC(=O)OCC(=O)NN1C(=O)NC2(CCC(C)CC2)C1=O. The summed E-state index contributed by atoms with van der Waals surface area (Å²) in [4.78, 5) is 63.0. The fourth-order valence-electron chi connectivity index (χ4n) is 4.30. The first-order chi connectivity index (χ1) is 15.2. The van der Waals surface area contributed by atoms with E-state index in [1.165, 1.54) is 4.90 Å². The average Bonchev–Trinajstić information content (AvgIpc) is 3.15. The number of esters is 1. The molecule has 10 nitrogen and oxygen atoms in total. The summed E-state index contributed by atoms with van der Waals surface area (Å²) in [5.74, 6) is -2.07. The van der Waals surface area contributed by atoms with Gasteiger partial charge in [-0.05, 0) is 37.7 Å². The van der Waals surface area contributed by atoms with Gasteiger partial charge >= 0.3 is 12.0 Å². The maximum Gasteiger partial charge on any atom is 0.344 e. The quantitative estimate of drug-likeness (QED) is 0.523. The van der Waals surface area contributed by atoms with Crippen LogP contribution >= 0.6 is 0 Å². The standard InChI is InChI=1S/C22H24N4O6/c1-13-7-9-22(10-8-13)20(30)26(21(31)23-22)24-17(27)12-32-18(28)11-25-14(2)15-5-3-4-6-16(15)19(25)29/h3-6,13H,2,7-12H2,1H3,(H,23,31)(H,24,27). The lowest BCUT2D eigenvalue weighted by Crippen LogP contribution is -2.52. The highest BCUT2D eigenvalue weighted by molar-refractivity contribution is 6.10. The highest BCUT2D eigenvalue weighted by atomic mass is 16.5. The minimum Gasteiger partial charge on any atom is -0.454 e. The zero-order valence-electron chi connectivity index (χ0n) is 17.7. The third-order valence-corrected chi connectivity index (χ3v) is 6.22. The summed E-state index contributed by atoms with van der Waals surface area (Å²) in [6, 6.07) is 6.13. The molecule has 3 aliphatic rings. The number of carbonyl (C=O) groups is 5. The number of nitrogens with one attached hydrogen (secondary N) is 2. The van der Waals surface area contributed by atoms with Crippen molar-refractivity contribution in [2.24, 2.45) is 5.92 Å². The predicted octanol–water partition coefficient (Wildman–Crippen LogP) is 1.19. The largest absolute Gasteiger partial charge is 0.454 e. The Kier molecular flexibility index (Phi) is 5.45. The number of fused-ring (bicyclic) bond motifs is 1. The van der Waals surface area contributed by atoms with Crippen LogP contribution in [0.3, 0.4) is 0 Å². The molecule has 0 atom stereocenters. The molecule has 5 amide bonds. The van der Waals surface area contributed by atoms with E-state index in [-0.39, 0.29) is 5.91 Å². The van der Waals surface area contributed by atoms with E-state index in [1.54, 1.807) is 24.3 Å². The second-order valence-electron chi connectivity index (χ2n) is 8.41. The summed E-state index contributed by atoms with van der Waals surface area (Å²) in [5.41, 5.74) is 2.66. The Morgan fingerprint density at radius 1 is 1.19 bits per heavy atom. The Morgan fingerprint density at radius 3 is 2.50 bits per heavy atom. The Balaban J connectivity index is 1.29. The molecule has 0 aromatic heterocycles. The Morgan fingerprint density at radius 2 is 1.84 bits per heavy atom. The lowest BCUT2D eigenvalue weighted by atomic mass is 9.77. The zero-order chi connectivity index (χ0) is 23.0. The number of hydrogen-bond donors (Lipinski definition) is 2. The van der Waals surface area contributed by atoms with E-state index < -0.39 is 42.5 Å². The van der Waals surface area contributed by atoms with Crippen LogP contribution < -0.4 is 10.7 Å². The molecule has 10 heteroatoms.